The van der Waals surface area contributed by atoms with Crippen molar-refractivity contribution in [2.75, 3.05) is 43.5 Å². The van der Waals surface area contributed by atoms with E-state index in [-0.39, 0.29) is 11.5 Å². The van der Waals surface area contributed by atoms with Crippen LogP contribution in [-0.2, 0) is 11.2 Å². The lowest BCUT2D eigenvalue weighted by Gasteiger charge is -2.28. The Morgan fingerprint density at radius 3 is 2.52 bits per heavy atom. The van der Waals surface area contributed by atoms with E-state index in [4.69, 9.17) is 10.5 Å². The molecule has 0 aliphatic carbocycles. The number of nitrogens with two attached hydrogens (primary N) is 1. The molecule has 0 radical (unpaired) electrons. The van der Waals surface area contributed by atoms with Crippen molar-refractivity contribution in [2.45, 2.75) is 6.42 Å². The molecule has 0 unspecified atom stereocenters. The molecule has 5 rings (SSSR count). The summed E-state index contributed by atoms with van der Waals surface area (Å²) < 4.78 is 20.1. The third kappa shape index (κ3) is 3.72. The highest BCUT2D eigenvalue weighted by Gasteiger charge is 2.19. The van der Waals surface area contributed by atoms with Crippen molar-refractivity contribution in [2.24, 2.45) is 0 Å². The van der Waals surface area contributed by atoms with Crippen molar-refractivity contribution in [3.05, 3.63) is 66.1 Å². The molecule has 31 heavy (non-hydrogen) atoms. The Hall–Kier alpha value is -3.45. The van der Waals surface area contributed by atoms with Crippen LogP contribution >= 0.6 is 0 Å². The molecule has 3 aromatic rings. The van der Waals surface area contributed by atoms with Crippen LogP contribution in [0.15, 0.2) is 49.0 Å². The summed E-state index contributed by atoms with van der Waals surface area (Å²) in [5.41, 5.74) is 12.5. The number of ether oxygens (including phenoxy) is 1. The van der Waals surface area contributed by atoms with E-state index in [1.807, 2.05) is 42.5 Å². The van der Waals surface area contributed by atoms with Crippen LogP contribution in [0.4, 0.5) is 15.9 Å². The highest BCUT2D eigenvalue weighted by molar-refractivity contribution is 5.77. The molecule has 6 nitrogen and oxygen atoms in total. The first-order chi connectivity index (χ1) is 15.1. The lowest BCUT2D eigenvalue weighted by atomic mass is 9.95. The highest BCUT2D eigenvalue weighted by Crippen LogP contribution is 2.32. The van der Waals surface area contributed by atoms with Crippen LogP contribution in [0.5, 0.6) is 0 Å². The Labute approximate surface area is 180 Å². The lowest BCUT2D eigenvalue weighted by molar-refractivity contribution is 0.122. The van der Waals surface area contributed by atoms with Crippen molar-refractivity contribution >= 4 is 17.2 Å². The largest absolute Gasteiger partial charge is 0.385 e. The molecular formula is C24H24FN5O. The molecule has 0 bridgehead atoms. The number of morpholine rings is 1. The first kappa shape index (κ1) is 19.5. The van der Waals surface area contributed by atoms with Gasteiger partial charge in [-0.3, -0.25) is 0 Å². The maximum absolute atomic E-state index is 14.7. The van der Waals surface area contributed by atoms with Gasteiger partial charge < -0.3 is 20.7 Å². The quantitative estimate of drug-likeness (QED) is 0.680. The van der Waals surface area contributed by atoms with Crippen LogP contribution in [0.3, 0.4) is 0 Å². The molecule has 0 amide bonds. The van der Waals surface area contributed by atoms with E-state index in [0.29, 0.717) is 24.5 Å². The lowest BCUT2D eigenvalue weighted by Crippen LogP contribution is -2.36. The minimum Gasteiger partial charge on any atom is -0.385 e. The number of hydrogen-bond acceptors (Lipinski definition) is 6. The first-order valence-electron chi connectivity index (χ1n) is 10.4. The number of hydrogen-bond donors (Lipinski definition) is 2. The molecule has 1 saturated heterocycles. The normalized spacial score (nSPS) is 16.0. The summed E-state index contributed by atoms with van der Waals surface area (Å²) in [6.45, 7) is 8.02. The number of fused-ring (bicyclic) bond motifs is 1. The fraction of sp³-hybridized carbons (Fsp3) is 0.250. The van der Waals surface area contributed by atoms with Crippen LogP contribution in [0, 0.1) is 5.95 Å². The van der Waals surface area contributed by atoms with Crippen LogP contribution in [0.25, 0.3) is 28.2 Å². The molecule has 0 atom stereocenters. The minimum absolute atomic E-state index is 0.0823. The van der Waals surface area contributed by atoms with E-state index >= 15 is 0 Å². The Kier molecular flexibility index (Phi) is 5.03. The molecule has 1 fully saturated rings. The van der Waals surface area contributed by atoms with Crippen molar-refractivity contribution in [1.82, 2.24) is 15.3 Å². The average molecular weight is 417 g/mol. The zero-order valence-electron chi connectivity index (χ0n) is 17.2. The van der Waals surface area contributed by atoms with Gasteiger partial charge in [-0.1, -0.05) is 30.8 Å². The van der Waals surface area contributed by atoms with Crippen molar-refractivity contribution in [3.8, 4) is 22.5 Å². The smallest absolute Gasteiger partial charge is 0.241 e. The van der Waals surface area contributed by atoms with Crippen molar-refractivity contribution < 1.29 is 9.13 Å². The van der Waals surface area contributed by atoms with E-state index in [9.17, 15) is 4.39 Å². The maximum atomic E-state index is 14.7. The zero-order chi connectivity index (χ0) is 21.4. The molecule has 2 aromatic carbocycles. The third-order valence-electron chi connectivity index (χ3n) is 5.83. The Bertz CT molecular complexity index is 1140. The topological polar surface area (TPSA) is 76.3 Å². The molecule has 1 aromatic heterocycles. The second-order valence-electron chi connectivity index (χ2n) is 7.77. The van der Waals surface area contributed by atoms with Crippen LogP contribution in [0.2, 0.25) is 0 Å². The summed E-state index contributed by atoms with van der Waals surface area (Å²) in [6.07, 6.45) is 0.882. The summed E-state index contributed by atoms with van der Waals surface area (Å²) in [5, 5.41) is 3.27. The molecule has 158 valence electrons. The van der Waals surface area contributed by atoms with Gasteiger partial charge in [0.1, 0.15) is 11.4 Å². The number of rotatable bonds is 3. The number of halogens is 1. The van der Waals surface area contributed by atoms with Gasteiger partial charge in [0, 0.05) is 47.7 Å². The van der Waals surface area contributed by atoms with Gasteiger partial charge >= 0.3 is 0 Å². The predicted octanol–water partition coefficient (Wildman–Crippen LogP) is 3.48. The molecule has 2 aliphatic heterocycles. The second kappa shape index (κ2) is 8.00. The SMILES string of the molecule is C=C1NCCc2cc(-c3nc(-c4ccc(N5CCOCC5)cc4)c(F)nc3N)ccc21. The molecular weight excluding hydrogens is 393 g/mol. The summed E-state index contributed by atoms with van der Waals surface area (Å²) >= 11 is 0. The van der Waals surface area contributed by atoms with E-state index in [1.54, 1.807) is 0 Å². The van der Waals surface area contributed by atoms with Crippen molar-refractivity contribution in [1.29, 1.82) is 0 Å². The number of nitrogens with one attached hydrogen (secondary N) is 1. The van der Waals surface area contributed by atoms with Gasteiger partial charge in [-0.05, 0) is 30.2 Å². The number of benzene rings is 2. The number of nitrogen functional groups attached to an aromatic ring is 1. The van der Waals surface area contributed by atoms with E-state index in [2.05, 4.69) is 26.8 Å². The summed E-state index contributed by atoms with van der Waals surface area (Å²) in [6, 6.07) is 13.7. The van der Waals surface area contributed by atoms with Crippen LogP contribution in [0.1, 0.15) is 11.1 Å². The van der Waals surface area contributed by atoms with E-state index in [0.717, 1.165) is 48.6 Å². The van der Waals surface area contributed by atoms with Gasteiger partial charge in [-0.25, -0.2) is 4.98 Å². The van der Waals surface area contributed by atoms with Gasteiger partial charge in [0.25, 0.3) is 0 Å². The summed E-state index contributed by atoms with van der Waals surface area (Å²) in [4.78, 5) is 10.8. The van der Waals surface area contributed by atoms with E-state index < -0.39 is 5.95 Å². The number of aromatic nitrogens is 2. The molecule has 2 aliphatic rings. The monoisotopic (exact) mass is 417 g/mol. The average Bonchev–Trinajstić information content (AvgIpc) is 2.80. The fourth-order valence-corrected chi connectivity index (χ4v) is 4.16. The molecule has 3 heterocycles. The number of nitrogens with zero attached hydrogens (tertiary/aromatic N) is 3. The van der Waals surface area contributed by atoms with Gasteiger partial charge in [-0.2, -0.15) is 9.37 Å². The Morgan fingerprint density at radius 1 is 1.00 bits per heavy atom. The van der Waals surface area contributed by atoms with Gasteiger partial charge in [0.2, 0.25) is 5.95 Å². The minimum atomic E-state index is -0.670. The third-order valence-corrected chi connectivity index (χ3v) is 5.83. The van der Waals surface area contributed by atoms with Crippen molar-refractivity contribution in [3.63, 3.8) is 0 Å². The standard InChI is InChI=1S/C24H24FN5O/c1-15-20-7-4-18(14-17(20)8-9-27-15)22-24(26)29-23(25)21(28-22)16-2-5-19(6-3-16)30-10-12-31-13-11-30/h2-7,14,27H,1,8-13H2,(H2,26,29). The van der Waals surface area contributed by atoms with Gasteiger partial charge in [-0.15, -0.1) is 0 Å². The summed E-state index contributed by atoms with van der Waals surface area (Å²) in [5.74, 6) is -0.588. The second-order valence-corrected chi connectivity index (χ2v) is 7.77. The fourth-order valence-electron chi connectivity index (χ4n) is 4.16. The zero-order valence-corrected chi connectivity index (χ0v) is 17.2. The molecule has 3 N–H and O–H groups in total. The highest BCUT2D eigenvalue weighted by atomic mass is 19.1. The maximum Gasteiger partial charge on any atom is 0.241 e. The molecule has 0 saturated carbocycles. The predicted molar refractivity (Wildman–Crippen MR) is 121 cm³/mol. The van der Waals surface area contributed by atoms with Crippen LogP contribution < -0.4 is 16.0 Å². The molecule has 0 spiro atoms. The van der Waals surface area contributed by atoms with Gasteiger partial charge in [0.15, 0.2) is 5.82 Å². The Morgan fingerprint density at radius 2 is 1.74 bits per heavy atom. The van der Waals surface area contributed by atoms with Crippen LogP contribution in [-0.4, -0.2) is 42.8 Å². The Balaban J connectivity index is 1.50. The van der Waals surface area contributed by atoms with E-state index in [1.165, 1.54) is 5.56 Å². The summed E-state index contributed by atoms with van der Waals surface area (Å²) in [7, 11) is 0. The first-order valence-corrected chi connectivity index (χ1v) is 10.4. The van der Waals surface area contributed by atoms with Gasteiger partial charge in [0.05, 0.1) is 13.2 Å². The number of anilines is 2. The molecule has 7 heteroatoms.